The van der Waals surface area contributed by atoms with Crippen molar-refractivity contribution in [2.45, 2.75) is 13.2 Å². The number of hydrogen-bond donors (Lipinski definition) is 2. The first-order chi connectivity index (χ1) is 9.76. The smallest absolute Gasteiger partial charge is 0.169 e. The Morgan fingerprint density at radius 3 is 2.70 bits per heavy atom. The van der Waals surface area contributed by atoms with E-state index in [2.05, 4.69) is 10.3 Å². The van der Waals surface area contributed by atoms with E-state index in [4.69, 9.17) is 14.6 Å². The van der Waals surface area contributed by atoms with Gasteiger partial charge in [-0.25, -0.2) is 0 Å². The minimum Gasteiger partial charge on any atom is -0.493 e. The maximum atomic E-state index is 9.12. The third-order valence-electron chi connectivity index (χ3n) is 2.79. The van der Waals surface area contributed by atoms with Crippen LogP contribution < -0.4 is 14.8 Å². The summed E-state index contributed by atoms with van der Waals surface area (Å²) in [7, 11) is 3.45. The zero-order valence-electron chi connectivity index (χ0n) is 11.6. The summed E-state index contributed by atoms with van der Waals surface area (Å²) in [5, 5.41) is 12.2. The molecule has 1 aromatic carbocycles. The van der Waals surface area contributed by atoms with Crippen molar-refractivity contribution in [2.75, 3.05) is 14.2 Å². The second kappa shape index (κ2) is 6.88. The van der Waals surface area contributed by atoms with Crippen molar-refractivity contribution in [1.82, 2.24) is 10.3 Å². The summed E-state index contributed by atoms with van der Waals surface area (Å²) in [6.45, 7) is 0.695. The molecule has 106 valence electrons. The minimum absolute atomic E-state index is 0.0319. The van der Waals surface area contributed by atoms with Crippen molar-refractivity contribution in [3.8, 4) is 17.2 Å². The third-order valence-corrected chi connectivity index (χ3v) is 2.79. The van der Waals surface area contributed by atoms with Crippen LogP contribution in [0.4, 0.5) is 0 Å². The van der Waals surface area contributed by atoms with Crippen LogP contribution in [0.15, 0.2) is 36.7 Å². The van der Waals surface area contributed by atoms with E-state index in [1.165, 1.54) is 0 Å². The highest BCUT2D eigenvalue weighted by atomic mass is 16.5. The summed E-state index contributed by atoms with van der Waals surface area (Å²) in [6.07, 6.45) is 3.44. The van der Waals surface area contributed by atoms with Crippen LogP contribution in [0.25, 0.3) is 0 Å². The number of benzene rings is 1. The molecule has 1 aromatic heterocycles. The third kappa shape index (κ3) is 3.46. The summed E-state index contributed by atoms with van der Waals surface area (Å²) >= 11 is 0. The van der Waals surface area contributed by atoms with Crippen molar-refractivity contribution in [3.05, 3.63) is 47.8 Å². The lowest BCUT2D eigenvalue weighted by Gasteiger charge is -2.11. The van der Waals surface area contributed by atoms with Gasteiger partial charge in [-0.15, -0.1) is 0 Å². The maximum Gasteiger partial charge on any atom is 0.169 e. The largest absolute Gasteiger partial charge is 0.493 e. The molecule has 2 N–H and O–H groups in total. The fraction of sp³-hybridized carbons (Fsp3) is 0.267. The Bertz CT molecular complexity index is 573. The number of aliphatic hydroxyl groups excluding tert-OH is 1. The first-order valence-corrected chi connectivity index (χ1v) is 6.31. The summed E-state index contributed by atoms with van der Waals surface area (Å²) < 4.78 is 11.1. The molecule has 0 saturated carbocycles. The topological polar surface area (TPSA) is 63.6 Å². The minimum atomic E-state index is -0.0319. The molecule has 2 rings (SSSR count). The fourth-order valence-electron chi connectivity index (χ4n) is 1.84. The normalized spacial score (nSPS) is 10.3. The van der Waals surface area contributed by atoms with Crippen molar-refractivity contribution >= 4 is 0 Å². The molecule has 20 heavy (non-hydrogen) atoms. The van der Waals surface area contributed by atoms with Crippen molar-refractivity contribution < 1.29 is 14.6 Å². The number of aromatic nitrogens is 1. The second-order valence-corrected chi connectivity index (χ2v) is 4.30. The molecule has 0 bridgehead atoms. The molecule has 0 aliphatic carbocycles. The van der Waals surface area contributed by atoms with E-state index < -0.39 is 0 Å². The Morgan fingerprint density at radius 2 is 2.00 bits per heavy atom. The van der Waals surface area contributed by atoms with Gasteiger partial charge in [-0.3, -0.25) is 4.98 Å². The number of nitrogens with one attached hydrogen (secondary N) is 1. The van der Waals surface area contributed by atoms with Gasteiger partial charge < -0.3 is 19.9 Å². The van der Waals surface area contributed by atoms with Gasteiger partial charge in [0.05, 0.1) is 19.9 Å². The van der Waals surface area contributed by atoms with E-state index in [9.17, 15) is 0 Å². The van der Waals surface area contributed by atoms with Gasteiger partial charge in [0.15, 0.2) is 11.5 Å². The molecule has 0 atom stereocenters. The zero-order chi connectivity index (χ0) is 14.4. The predicted molar refractivity (Wildman–Crippen MR) is 76.0 cm³/mol. The highest BCUT2D eigenvalue weighted by Crippen LogP contribution is 2.32. The molecule has 1 heterocycles. The molecule has 0 unspecified atom stereocenters. The number of pyridine rings is 1. The Labute approximate surface area is 118 Å². The Kier molecular flexibility index (Phi) is 4.92. The van der Waals surface area contributed by atoms with Crippen LogP contribution in [-0.4, -0.2) is 24.2 Å². The number of rotatable bonds is 6. The van der Waals surface area contributed by atoms with Crippen molar-refractivity contribution in [3.63, 3.8) is 0 Å². The van der Waals surface area contributed by atoms with Gasteiger partial charge >= 0.3 is 0 Å². The van der Waals surface area contributed by atoms with Crippen LogP contribution in [0.2, 0.25) is 0 Å². The fourth-order valence-corrected chi connectivity index (χ4v) is 1.84. The van der Waals surface area contributed by atoms with Gasteiger partial charge in [0.1, 0.15) is 5.75 Å². The maximum absolute atomic E-state index is 9.12. The van der Waals surface area contributed by atoms with Gasteiger partial charge in [-0.2, -0.15) is 0 Å². The highest BCUT2D eigenvalue weighted by Gasteiger charge is 2.07. The monoisotopic (exact) mass is 274 g/mol. The first kappa shape index (κ1) is 14.3. The van der Waals surface area contributed by atoms with E-state index in [1.807, 2.05) is 13.1 Å². The molecule has 2 aromatic rings. The van der Waals surface area contributed by atoms with Gasteiger partial charge in [0, 0.05) is 12.7 Å². The van der Waals surface area contributed by atoms with Crippen LogP contribution in [0.3, 0.4) is 0 Å². The van der Waals surface area contributed by atoms with Crippen LogP contribution in [-0.2, 0) is 13.2 Å². The molecule has 5 heteroatoms. The molecule has 0 aliphatic heterocycles. The number of methoxy groups -OCH3 is 1. The molecule has 0 saturated heterocycles. The van der Waals surface area contributed by atoms with Crippen LogP contribution in [0.5, 0.6) is 17.2 Å². The molecule has 5 nitrogen and oxygen atoms in total. The summed E-state index contributed by atoms with van der Waals surface area (Å²) in [5.74, 6) is 1.82. The van der Waals surface area contributed by atoms with E-state index in [1.54, 1.807) is 37.7 Å². The number of aliphatic hydroxyl groups is 1. The molecule has 0 amide bonds. The van der Waals surface area contributed by atoms with Crippen LogP contribution in [0.1, 0.15) is 11.1 Å². The molecule has 0 aliphatic rings. The first-order valence-electron chi connectivity index (χ1n) is 6.31. The van der Waals surface area contributed by atoms with Gasteiger partial charge in [-0.05, 0) is 36.4 Å². The lowest BCUT2D eigenvalue weighted by Crippen LogP contribution is -2.05. The van der Waals surface area contributed by atoms with Gasteiger partial charge in [-0.1, -0.05) is 6.07 Å². The Hall–Kier alpha value is -2.11. The van der Waals surface area contributed by atoms with Crippen molar-refractivity contribution in [2.24, 2.45) is 0 Å². The average Bonchev–Trinajstić information content (AvgIpc) is 2.48. The van der Waals surface area contributed by atoms with Crippen LogP contribution in [0, 0.1) is 0 Å². The summed E-state index contributed by atoms with van der Waals surface area (Å²) in [4.78, 5) is 4.14. The molecular weight excluding hydrogens is 256 g/mol. The van der Waals surface area contributed by atoms with E-state index in [0.717, 1.165) is 17.7 Å². The summed E-state index contributed by atoms with van der Waals surface area (Å²) in [5.41, 5.74) is 1.81. The lowest BCUT2D eigenvalue weighted by atomic mass is 10.2. The molecule has 0 fully saturated rings. The number of nitrogens with zero attached hydrogens (tertiary/aromatic N) is 1. The quantitative estimate of drug-likeness (QED) is 0.844. The zero-order valence-corrected chi connectivity index (χ0v) is 11.6. The Morgan fingerprint density at radius 1 is 1.15 bits per heavy atom. The SMILES string of the molecule is CNCc1cncc(Oc2ccc(CO)cc2OC)c1. The van der Waals surface area contributed by atoms with Gasteiger partial charge in [0.25, 0.3) is 0 Å². The highest BCUT2D eigenvalue weighted by molar-refractivity contribution is 5.45. The lowest BCUT2D eigenvalue weighted by molar-refractivity contribution is 0.280. The van der Waals surface area contributed by atoms with E-state index in [0.29, 0.717) is 17.2 Å². The van der Waals surface area contributed by atoms with E-state index in [-0.39, 0.29) is 6.61 Å². The van der Waals surface area contributed by atoms with Crippen LogP contribution >= 0.6 is 0 Å². The molecule has 0 radical (unpaired) electrons. The number of hydrogen-bond acceptors (Lipinski definition) is 5. The summed E-state index contributed by atoms with van der Waals surface area (Å²) in [6, 6.07) is 7.24. The second-order valence-electron chi connectivity index (χ2n) is 4.30. The van der Waals surface area contributed by atoms with Gasteiger partial charge in [0.2, 0.25) is 0 Å². The molecular formula is C15H18N2O3. The molecule has 0 spiro atoms. The Balaban J connectivity index is 2.22. The number of ether oxygens (including phenoxy) is 2. The predicted octanol–water partition coefficient (Wildman–Crippen LogP) is 2.09. The average molecular weight is 274 g/mol. The van der Waals surface area contributed by atoms with E-state index >= 15 is 0 Å². The standard InChI is InChI=1S/C15H18N2O3/c1-16-7-12-5-13(9-17-8-12)20-14-4-3-11(10-18)6-15(14)19-2/h3-6,8-9,16,18H,7,10H2,1-2H3. The van der Waals surface area contributed by atoms with Crippen molar-refractivity contribution in [1.29, 1.82) is 0 Å².